The van der Waals surface area contributed by atoms with Crippen LogP contribution in [0.4, 0.5) is 0 Å². The lowest BCUT2D eigenvalue weighted by molar-refractivity contribution is -0.130. The number of likely N-dealkylation sites (N-methyl/N-ethyl adjacent to an activating group) is 1. The Morgan fingerprint density at radius 3 is 2.88 bits per heavy atom. The Morgan fingerprint density at radius 2 is 2.08 bits per heavy atom. The van der Waals surface area contributed by atoms with Crippen LogP contribution in [0.3, 0.4) is 0 Å². The van der Waals surface area contributed by atoms with Crippen LogP contribution in [0.5, 0.6) is 0 Å². The molecule has 126 valence electrons. The average molecular weight is 344 g/mol. The lowest BCUT2D eigenvalue weighted by Gasteiger charge is -2.27. The highest BCUT2D eigenvalue weighted by atomic mass is 32.2. The Balaban J connectivity index is 1.72. The quantitative estimate of drug-likeness (QED) is 0.926. The third-order valence-corrected chi connectivity index (χ3v) is 5.33. The molecule has 0 radical (unpaired) electrons. The molecule has 1 aromatic heterocycles. The number of aryl methyl sites for hydroxylation is 1. The summed E-state index contributed by atoms with van der Waals surface area (Å²) in [4.78, 5) is 26.0. The fourth-order valence-corrected chi connectivity index (χ4v) is 4.12. The molecule has 6 heteroatoms. The van der Waals surface area contributed by atoms with Gasteiger partial charge in [-0.1, -0.05) is 24.3 Å². The summed E-state index contributed by atoms with van der Waals surface area (Å²) in [6.07, 6.45) is 1.00. The Morgan fingerprint density at radius 1 is 1.29 bits per heavy atom. The van der Waals surface area contributed by atoms with Gasteiger partial charge in [0.15, 0.2) is 5.76 Å². The van der Waals surface area contributed by atoms with Crippen molar-refractivity contribution in [1.82, 2.24) is 10.2 Å². The normalized spacial score (nSPS) is 16.3. The third-order valence-electron chi connectivity index (χ3n) is 4.10. The van der Waals surface area contributed by atoms with Crippen molar-refractivity contribution in [3.63, 3.8) is 0 Å². The number of furan rings is 1. The molecule has 1 aliphatic heterocycles. The lowest BCUT2D eigenvalue weighted by atomic mass is 10.0. The maximum Gasteiger partial charge on any atom is 0.286 e. The monoisotopic (exact) mass is 344 g/mol. The summed E-state index contributed by atoms with van der Waals surface area (Å²) >= 11 is 1.68. The van der Waals surface area contributed by atoms with E-state index in [1.54, 1.807) is 42.9 Å². The maximum atomic E-state index is 12.8. The number of thioether (sulfide) groups is 1. The van der Waals surface area contributed by atoms with E-state index in [1.807, 2.05) is 18.2 Å². The number of carbonyl (C=O) groups excluding carboxylic acids is 2. The predicted octanol–water partition coefficient (Wildman–Crippen LogP) is 2.63. The van der Waals surface area contributed by atoms with Gasteiger partial charge < -0.3 is 14.6 Å². The van der Waals surface area contributed by atoms with Gasteiger partial charge in [0.2, 0.25) is 5.91 Å². The van der Waals surface area contributed by atoms with Crippen LogP contribution in [0.2, 0.25) is 0 Å². The van der Waals surface area contributed by atoms with Crippen LogP contribution in [0.1, 0.15) is 32.7 Å². The summed E-state index contributed by atoms with van der Waals surface area (Å²) in [6.45, 7) is 0.342. The molecule has 5 nitrogen and oxygen atoms in total. The van der Waals surface area contributed by atoms with Crippen LogP contribution in [0, 0.1) is 0 Å². The molecular weight excluding hydrogens is 324 g/mol. The zero-order chi connectivity index (χ0) is 17.1. The van der Waals surface area contributed by atoms with Crippen LogP contribution < -0.4 is 5.32 Å². The van der Waals surface area contributed by atoms with E-state index in [2.05, 4.69) is 11.4 Å². The second-order valence-corrected chi connectivity index (χ2v) is 6.95. The van der Waals surface area contributed by atoms with E-state index in [-0.39, 0.29) is 22.8 Å². The topological polar surface area (TPSA) is 62.6 Å². The molecule has 2 heterocycles. The second kappa shape index (κ2) is 7.13. The van der Waals surface area contributed by atoms with E-state index in [0.717, 1.165) is 17.7 Å². The van der Waals surface area contributed by atoms with Gasteiger partial charge in [0.1, 0.15) is 11.0 Å². The third kappa shape index (κ3) is 3.33. The van der Waals surface area contributed by atoms with Crippen LogP contribution in [-0.4, -0.2) is 36.6 Å². The fraction of sp³-hybridized carbons (Fsp3) is 0.333. The highest BCUT2D eigenvalue weighted by molar-refractivity contribution is 8.00. The molecule has 0 saturated heterocycles. The SMILES string of the molecule is CNC(=O)c1ccc(CN(C)C(=O)[C@H]2SCCc3ccccc32)o1. The molecule has 1 N–H and O–H groups in total. The number of rotatable bonds is 4. The molecule has 3 rings (SSSR count). The van der Waals surface area contributed by atoms with Crippen molar-refractivity contribution in [3.8, 4) is 0 Å². The molecule has 0 spiro atoms. The molecule has 1 aliphatic rings. The molecule has 0 fully saturated rings. The van der Waals surface area contributed by atoms with Crippen molar-refractivity contribution in [2.75, 3.05) is 19.8 Å². The van der Waals surface area contributed by atoms with Crippen molar-refractivity contribution >= 4 is 23.6 Å². The van der Waals surface area contributed by atoms with Gasteiger partial charge in [-0.05, 0) is 35.4 Å². The van der Waals surface area contributed by atoms with Gasteiger partial charge >= 0.3 is 0 Å². The average Bonchev–Trinajstić information content (AvgIpc) is 3.08. The Bertz CT molecular complexity index is 756. The Hall–Kier alpha value is -2.21. The minimum Gasteiger partial charge on any atom is -0.454 e. The first-order valence-electron chi connectivity index (χ1n) is 7.85. The predicted molar refractivity (Wildman–Crippen MR) is 93.9 cm³/mol. The summed E-state index contributed by atoms with van der Waals surface area (Å²) in [6, 6.07) is 11.5. The molecule has 0 aliphatic carbocycles. The van der Waals surface area contributed by atoms with Crippen molar-refractivity contribution < 1.29 is 14.0 Å². The standard InChI is InChI=1S/C18H20N2O3S/c1-19-17(21)15-8-7-13(23-15)11-20(2)18(22)16-14-6-4-3-5-12(14)9-10-24-16/h3-8,16H,9-11H2,1-2H3,(H,19,21)/t16-/m0/s1. The number of nitrogens with one attached hydrogen (secondary N) is 1. The number of hydrogen-bond donors (Lipinski definition) is 1. The van der Waals surface area contributed by atoms with E-state index >= 15 is 0 Å². The molecule has 0 saturated carbocycles. The van der Waals surface area contributed by atoms with Gasteiger partial charge in [-0.2, -0.15) is 0 Å². The minimum atomic E-state index is -0.271. The van der Waals surface area contributed by atoms with Crippen LogP contribution in [0.25, 0.3) is 0 Å². The maximum absolute atomic E-state index is 12.8. The molecule has 1 atom stereocenters. The summed E-state index contributed by atoms with van der Waals surface area (Å²) in [5, 5.41) is 2.34. The van der Waals surface area contributed by atoms with Crippen molar-refractivity contribution in [2.24, 2.45) is 0 Å². The van der Waals surface area contributed by atoms with Crippen molar-refractivity contribution in [3.05, 3.63) is 59.0 Å². The highest BCUT2D eigenvalue weighted by Crippen LogP contribution is 2.37. The smallest absolute Gasteiger partial charge is 0.286 e. The zero-order valence-electron chi connectivity index (χ0n) is 13.7. The number of amides is 2. The largest absolute Gasteiger partial charge is 0.454 e. The summed E-state index contributed by atoms with van der Waals surface area (Å²) < 4.78 is 5.50. The highest BCUT2D eigenvalue weighted by Gasteiger charge is 2.29. The van der Waals surface area contributed by atoms with Crippen LogP contribution in [0.15, 0.2) is 40.8 Å². The van der Waals surface area contributed by atoms with Crippen molar-refractivity contribution in [2.45, 2.75) is 18.2 Å². The molecular formula is C18H20N2O3S. The Kier molecular flexibility index (Phi) is 4.94. The molecule has 1 aromatic carbocycles. The van der Waals surface area contributed by atoms with Crippen LogP contribution in [-0.2, 0) is 17.8 Å². The minimum absolute atomic E-state index is 0.0602. The Labute approximate surface area is 145 Å². The van der Waals surface area contributed by atoms with E-state index < -0.39 is 0 Å². The first-order chi connectivity index (χ1) is 11.6. The number of benzene rings is 1. The number of carbonyl (C=O) groups is 2. The summed E-state index contributed by atoms with van der Waals surface area (Å²) in [5.41, 5.74) is 2.36. The summed E-state index contributed by atoms with van der Waals surface area (Å²) in [5.74, 6) is 1.59. The lowest BCUT2D eigenvalue weighted by Crippen LogP contribution is -2.31. The molecule has 2 aromatic rings. The van der Waals surface area contributed by atoms with E-state index in [1.165, 1.54) is 5.56 Å². The van der Waals surface area contributed by atoms with Gasteiger partial charge in [-0.25, -0.2) is 0 Å². The molecule has 0 bridgehead atoms. The van der Waals surface area contributed by atoms with Crippen molar-refractivity contribution in [1.29, 1.82) is 0 Å². The number of nitrogens with zero attached hydrogens (tertiary/aromatic N) is 1. The first kappa shape index (κ1) is 16.6. The van der Waals surface area contributed by atoms with E-state index in [9.17, 15) is 9.59 Å². The van der Waals surface area contributed by atoms with Gasteiger partial charge in [0.25, 0.3) is 5.91 Å². The van der Waals surface area contributed by atoms with Gasteiger partial charge in [0.05, 0.1) is 6.54 Å². The molecule has 2 amide bonds. The zero-order valence-corrected chi connectivity index (χ0v) is 14.6. The van der Waals surface area contributed by atoms with Gasteiger partial charge in [-0.15, -0.1) is 11.8 Å². The van der Waals surface area contributed by atoms with Crippen LogP contribution >= 0.6 is 11.8 Å². The molecule has 0 unspecified atom stereocenters. The fourth-order valence-electron chi connectivity index (χ4n) is 2.82. The van der Waals surface area contributed by atoms with Gasteiger partial charge in [-0.3, -0.25) is 9.59 Å². The van der Waals surface area contributed by atoms with Gasteiger partial charge in [0, 0.05) is 14.1 Å². The summed E-state index contributed by atoms with van der Waals surface area (Å²) in [7, 11) is 3.32. The number of hydrogen-bond acceptors (Lipinski definition) is 4. The molecule has 24 heavy (non-hydrogen) atoms. The van der Waals surface area contributed by atoms with E-state index in [0.29, 0.717) is 12.3 Å². The van der Waals surface area contributed by atoms with E-state index in [4.69, 9.17) is 4.42 Å². The number of fused-ring (bicyclic) bond motifs is 1. The second-order valence-electron chi connectivity index (χ2n) is 5.74. The first-order valence-corrected chi connectivity index (χ1v) is 8.90.